The first kappa shape index (κ1) is 13.3. The van der Waals surface area contributed by atoms with Crippen LogP contribution in [0.15, 0.2) is 47.1 Å². The molecule has 0 amide bonds. The maximum absolute atomic E-state index is 6.18. The third-order valence-corrected chi connectivity index (χ3v) is 3.62. The Morgan fingerprint density at radius 2 is 1.82 bits per heavy atom. The van der Waals surface area contributed by atoms with Crippen molar-refractivity contribution >= 4 is 78.6 Å². The van der Waals surface area contributed by atoms with Gasteiger partial charge in [-0.25, -0.2) is 4.98 Å². The van der Waals surface area contributed by atoms with Crippen LogP contribution in [-0.2, 0) is 0 Å². The van der Waals surface area contributed by atoms with Crippen molar-refractivity contribution in [3.05, 3.63) is 52.2 Å². The summed E-state index contributed by atoms with van der Waals surface area (Å²) in [6.07, 6.45) is 1.73. The summed E-state index contributed by atoms with van der Waals surface area (Å²) in [7, 11) is 0. The van der Waals surface area contributed by atoms with Crippen molar-refractivity contribution in [2.45, 2.75) is 0 Å². The summed E-state index contributed by atoms with van der Waals surface area (Å²) in [6.45, 7) is 0. The quantitative estimate of drug-likeness (QED) is 0.345. The van der Waals surface area contributed by atoms with E-state index >= 15 is 0 Å². The summed E-state index contributed by atoms with van der Waals surface area (Å²) in [6, 6.07) is 12.2. The molecule has 0 saturated carbocycles. The second kappa shape index (κ2) is 5.25. The van der Waals surface area contributed by atoms with Gasteiger partial charge in [0, 0.05) is 21.4 Å². The zero-order valence-electron chi connectivity index (χ0n) is 8.24. The molecule has 17 heavy (non-hydrogen) atoms. The SMILES string of the molecule is Clc1nccc2c(Br)cc3ccccc3c12.[NaH]. The minimum absolute atomic E-state index is 0. The van der Waals surface area contributed by atoms with Crippen LogP contribution in [0, 0.1) is 0 Å². The van der Waals surface area contributed by atoms with Gasteiger partial charge in [0.15, 0.2) is 0 Å². The number of pyridine rings is 1. The molecule has 0 unspecified atom stereocenters. The molecular weight excluding hydrogens is 308 g/mol. The van der Waals surface area contributed by atoms with E-state index in [1.807, 2.05) is 18.2 Å². The molecule has 0 N–H and O–H groups in total. The summed E-state index contributed by atoms with van der Waals surface area (Å²) in [5.41, 5.74) is 0. The number of hydrogen-bond donors (Lipinski definition) is 0. The van der Waals surface area contributed by atoms with Crippen molar-refractivity contribution in [2.24, 2.45) is 0 Å². The predicted molar refractivity (Wildman–Crippen MR) is 79.1 cm³/mol. The third kappa shape index (κ3) is 2.25. The Morgan fingerprint density at radius 3 is 2.65 bits per heavy atom. The number of nitrogens with zero attached hydrogens (tertiary/aromatic N) is 1. The number of hydrogen-bond acceptors (Lipinski definition) is 1. The summed E-state index contributed by atoms with van der Waals surface area (Å²) in [5.74, 6) is 0. The molecule has 0 aliphatic carbocycles. The number of halogens is 2. The van der Waals surface area contributed by atoms with Crippen LogP contribution in [0.2, 0.25) is 5.15 Å². The third-order valence-electron chi connectivity index (χ3n) is 2.67. The fourth-order valence-electron chi connectivity index (χ4n) is 1.96. The Bertz CT molecular complexity index is 699. The van der Waals surface area contributed by atoms with Crippen LogP contribution in [0.25, 0.3) is 21.5 Å². The molecule has 1 aromatic heterocycles. The van der Waals surface area contributed by atoms with Gasteiger partial charge in [0.05, 0.1) is 0 Å². The van der Waals surface area contributed by atoms with Crippen molar-refractivity contribution in [1.82, 2.24) is 4.98 Å². The first-order valence-electron chi connectivity index (χ1n) is 4.89. The first-order chi connectivity index (χ1) is 7.77. The summed E-state index contributed by atoms with van der Waals surface area (Å²) in [5, 5.41) is 4.96. The average molecular weight is 317 g/mol. The molecular formula is C13H8BrClNNa. The topological polar surface area (TPSA) is 12.9 Å². The van der Waals surface area contributed by atoms with Gasteiger partial charge in [-0.15, -0.1) is 0 Å². The minimum atomic E-state index is 0. The van der Waals surface area contributed by atoms with E-state index in [-0.39, 0.29) is 29.6 Å². The molecule has 0 spiro atoms. The first-order valence-corrected chi connectivity index (χ1v) is 6.06. The van der Waals surface area contributed by atoms with Crippen molar-refractivity contribution < 1.29 is 0 Å². The number of rotatable bonds is 0. The van der Waals surface area contributed by atoms with Gasteiger partial charge in [0.25, 0.3) is 0 Å². The van der Waals surface area contributed by atoms with Crippen LogP contribution < -0.4 is 0 Å². The maximum atomic E-state index is 6.18. The zero-order chi connectivity index (χ0) is 11.1. The molecule has 3 rings (SSSR count). The number of benzene rings is 2. The van der Waals surface area contributed by atoms with E-state index in [2.05, 4.69) is 39.1 Å². The van der Waals surface area contributed by atoms with Gasteiger partial charge in [-0.1, -0.05) is 51.8 Å². The van der Waals surface area contributed by atoms with Gasteiger partial charge < -0.3 is 0 Å². The number of aromatic nitrogens is 1. The fourth-order valence-corrected chi connectivity index (χ4v) is 2.79. The predicted octanol–water partition coefficient (Wildman–Crippen LogP) is 4.16. The normalized spacial score (nSPS) is 10.5. The van der Waals surface area contributed by atoms with Crippen LogP contribution in [0.3, 0.4) is 0 Å². The van der Waals surface area contributed by atoms with Crippen molar-refractivity contribution in [2.75, 3.05) is 0 Å². The van der Waals surface area contributed by atoms with E-state index in [4.69, 9.17) is 11.6 Å². The molecule has 4 heteroatoms. The molecule has 0 fully saturated rings. The molecule has 0 aliphatic rings. The summed E-state index contributed by atoms with van der Waals surface area (Å²) in [4.78, 5) is 4.14. The van der Waals surface area contributed by atoms with E-state index in [0.717, 1.165) is 26.0 Å². The average Bonchev–Trinajstić information content (AvgIpc) is 2.30. The Kier molecular flexibility index (Phi) is 4.11. The van der Waals surface area contributed by atoms with E-state index in [9.17, 15) is 0 Å². The van der Waals surface area contributed by atoms with Crippen molar-refractivity contribution in [3.63, 3.8) is 0 Å². The van der Waals surface area contributed by atoms with E-state index in [1.54, 1.807) is 6.20 Å². The van der Waals surface area contributed by atoms with Gasteiger partial charge >= 0.3 is 29.6 Å². The van der Waals surface area contributed by atoms with Crippen molar-refractivity contribution in [1.29, 1.82) is 0 Å². The molecule has 0 aliphatic heterocycles. The van der Waals surface area contributed by atoms with E-state index in [1.165, 1.54) is 0 Å². The van der Waals surface area contributed by atoms with Crippen molar-refractivity contribution in [3.8, 4) is 0 Å². The molecule has 0 atom stereocenters. The molecule has 80 valence electrons. The molecule has 3 aromatic rings. The zero-order valence-corrected chi connectivity index (χ0v) is 10.6. The van der Waals surface area contributed by atoms with Crippen LogP contribution in [0.1, 0.15) is 0 Å². The Hall–Kier alpha value is -0.120. The monoisotopic (exact) mass is 315 g/mol. The molecule has 0 saturated heterocycles. The van der Waals surface area contributed by atoms with Gasteiger partial charge in [0.1, 0.15) is 5.15 Å². The van der Waals surface area contributed by atoms with Gasteiger partial charge in [-0.05, 0) is 22.9 Å². The van der Waals surface area contributed by atoms with Gasteiger partial charge in [0.2, 0.25) is 0 Å². The van der Waals surface area contributed by atoms with Gasteiger partial charge in [-0.2, -0.15) is 0 Å². The van der Waals surface area contributed by atoms with Crippen LogP contribution in [-0.4, -0.2) is 34.5 Å². The molecule has 0 bridgehead atoms. The summed E-state index contributed by atoms with van der Waals surface area (Å²) < 4.78 is 1.05. The van der Waals surface area contributed by atoms with Crippen LogP contribution in [0.5, 0.6) is 0 Å². The summed E-state index contributed by atoms with van der Waals surface area (Å²) >= 11 is 9.74. The Morgan fingerprint density at radius 1 is 1.06 bits per heavy atom. The van der Waals surface area contributed by atoms with Crippen LogP contribution >= 0.6 is 27.5 Å². The van der Waals surface area contributed by atoms with E-state index in [0.29, 0.717) is 5.15 Å². The number of fused-ring (bicyclic) bond motifs is 3. The fraction of sp³-hybridized carbons (Fsp3) is 0. The second-order valence-corrected chi connectivity index (χ2v) is 4.82. The Balaban J connectivity index is 0.00000108. The Labute approximate surface area is 135 Å². The second-order valence-electron chi connectivity index (χ2n) is 3.60. The molecule has 1 heterocycles. The molecule has 0 radical (unpaired) electrons. The molecule has 2 aromatic carbocycles. The van der Waals surface area contributed by atoms with E-state index < -0.39 is 0 Å². The standard InChI is InChI=1S/C13H7BrClN.Na.H/c14-11-7-8-3-1-2-4-9(8)12-10(11)5-6-16-13(12)15;;/h1-7H;;. The molecule has 1 nitrogen and oxygen atoms in total. The van der Waals surface area contributed by atoms with Gasteiger partial charge in [-0.3, -0.25) is 0 Å². The van der Waals surface area contributed by atoms with Crippen LogP contribution in [0.4, 0.5) is 0 Å².